The van der Waals surface area contributed by atoms with E-state index in [9.17, 15) is 4.79 Å². The molecule has 2 rings (SSSR count). The van der Waals surface area contributed by atoms with Gasteiger partial charge in [-0.1, -0.05) is 32.4 Å². The molecular formula is C17H25BrN2O. The van der Waals surface area contributed by atoms with Crippen LogP contribution >= 0.6 is 15.9 Å². The van der Waals surface area contributed by atoms with Gasteiger partial charge in [0, 0.05) is 37.2 Å². The van der Waals surface area contributed by atoms with Gasteiger partial charge in [0.25, 0.3) is 5.91 Å². The average molecular weight is 353 g/mol. The Labute approximate surface area is 136 Å². The van der Waals surface area contributed by atoms with Crippen LogP contribution in [0.25, 0.3) is 0 Å². The molecule has 1 fully saturated rings. The van der Waals surface area contributed by atoms with Crippen LogP contribution in [0.2, 0.25) is 0 Å². The number of piperazine rings is 1. The van der Waals surface area contributed by atoms with Crippen molar-refractivity contribution in [2.24, 2.45) is 5.41 Å². The third kappa shape index (κ3) is 4.55. The van der Waals surface area contributed by atoms with E-state index in [0.29, 0.717) is 5.41 Å². The van der Waals surface area contributed by atoms with Gasteiger partial charge in [-0.25, -0.2) is 0 Å². The highest BCUT2D eigenvalue weighted by Crippen LogP contribution is 2.21. The first kappa shape index (κ1) is 16.5. The zero-order chi connectivity index (χ0) is 15.6. The first-order valence-corrected chi connectivity index (χ1v) is 8.33. The number of hydrogen-bond donors (Lipinski definition) is 0. The summed E-state index contributed by atoms with van der Waals surface area (Å²) in [5.74, 6) is 0.140. The number of aryl methyl sites for hydroxylation is 1. The molecule has 1 aliphatic rings. The second kappa shape index (κ2) is 6.49. The summed E-state index contributed by atoms with van der Waals surface area (Å²) in [4.78, 5) is 17.1. The van der Waals surface area contributed by atoms with Gasteiger partial charge in [0.05, 0.1) is 5.56 Å². The van der Waals surface area contributed by atoms with E-state index in [1.54, 1.807) is 0 Å². The summed E-state index contributed by atoms with van der Waals surface area (Å²) in [6.45, 7) is 13.4. The minimum atomic E-state index is 0.140. The maximum atomic E-state index is 12.6. The third-order valence-corrected chi connectivity index (χ3v) is 4.40. The maximum Gasteiger partial charge on any atom is 0.255 e. The lowest BCUT2D eigenvalue weighted by Gasteiger charge is -2.38. The van der Waals surface area contributed by atoms with E-state index in [2.05, 4.69) is 41.6 Å². The summed E-state index contributed by atoms with van der Waals surface area (Å²) in [5.41, 5.74) is 2.21. The number of nitrogens with zero attached hydrogens (tertiary/aromatic N) is 2. The molecule has 0 N–H and O–H groups in total. The van der Waals surface area contributed by atoms with Gasteiger partial charge in [-0.15, -0.1) is 0 Å². The Kier molecular flexibility index (Phi) is 5.10. The van der Waals surface area contributed by atoms with E-state index in [1.807, 2.05) is 30.0 Å². The van der Waals surface area contributed by atoms with Crippen molar-refractivity contribution in [1.29, 1.82) is 0 Å². The van der Waals surface area contributed by atoms with E-state index >= 15 is 0 Å². The zero-order valence-electron chi connectivity index (χ0n) is 13.4. The van der Waals surface area contributed by atoms with E-state index in [-0.39, 0.29) is 5.91 Å². The van der Waals surface area contributed by atoms with Crippen LogP contribution in [0, 0.1) is 12.3 Å². The monoisotopic (exact) mass is 352 g/mol. The third-order valence-electron chi connectivity index (χ3n) is 3.71. The highest BCUT2D eigenvalue weighted by atomic mass is 79.9. The number of carbonyl (C=O) groups excluding carboxylic acids is 1. The maximum absolute atomic E-state index is 12.6. The van der Waals surface area contributed by atoms with E-state index < -0.39 is 0 Å². The number of halogens is 1. The molecule has 1 aromatic carbocycles. The van der Waals surface area contributed by atoms with Crippen molar-refractivity contribution in [1.82, 2.24) is 9.80 Å². The molecule has 4 heteroatoms. The van der Waals surface area contributed by atoms with E-state index in [0.717, 1.165) is 48.3 Å². The molecule has 0 saturated carbocycles. The fourth-order valence-corrected chi connectivity index (χ4v) is 3.17. The SMILES string of the molecule is Cc1ccc(Br)c(C(=O)N2CCN(CC(C)(C)C)CC2)c1. The molecule has 1 heterocycles. The number of carbonyl (C=O) groups is 1. The molecule has 116 valence electrons. The summed E-state index contributed by atoms with van der Waals surface area (Å²) in [6.07, 6.45) is 0. The van der Waals surface area contributed by atoms with Crippen molar-refractivity contribution >= 4 is 21.8 Å². The normalized spacial score (nSPS) is 17.1. The number of benzene rings is 1. The van der Waals surface area contributed by atoms with Crippen LogP contribution in [-0.2, 0) is 0 Å². The van der Waals surface area contributed by atoms with Crippen LogP contribution in [0.1, 0.15) is 36.7 Å². The van der Waals surface area contributed by atoms with Crippen molar-refractivity contribution in [3.8, 4) is 0 Å². The summed E-state index contributed by atoms with van der Waals surface area (Å²) < 4.78 is 0.884. The van der Waals surface area contributed by atoms with Crippen LogP contribution < -0.4 is 0 Å². The zero-order valence-corrected chi connectivity index (χ0v) is 15.0. The number of amides is 1. The standard InChI is InChI=1S/C17H25BrN2O/c1-13-5-6-15(18)14(11-13)16(21)20-9-7-19(8-10-20)12-17(2,3)4/h5-6,11H,7-10,12H2,1-4H3. The predicted octanol–water partition coefficient (Wildman–Crippen LogP) is 3.56. The molecule has 0 aliphatic carbocycles. The number of hydrogen-bond acceptors (Lipinski definition) is 2. The number of rotatable bonds is 2. The fourth-order valence-electron chi connectivity index (χ4n) is 2.75. The Hall–Kier alpha value is -0.870. The summed E-state index contributed by atoms with van der Waals surface area (Å²) in [5, 5.41) is 0. The van der Waals surface area contributed by atoms with Crippen molar-refractivity contribution in [3.05, 3.63) is 33.8 Å². The minimum absolute atomic E-state index is 0.140. The first-order chi connectivity index (χ1) is 9.76. The smallest absolute Gasteiger partial charge is 0.255 e. The van der Waals surface area contributed by atoms with Gasteiger partial charge in [-0.3, -0.25) is 9.69 Å². The fraction of sp³-hybridized carbons (Fsp3) is 0.588. The highest BCUT2D eigenvalue weighted by molar-refractivity contribution is 9.10. The van der Waals surface area contributed by atoms with Gasteiger partial charge >= 0.3 is 0 Å². The van der Waals surface area contributed by atoms with Gasteiger partial charge in [-0.2, -0.15) is 0 Å². The van der Waals surface area contributed by atoms with Crippen LogP contribution in [0.5, 0.6) is 0 Å². The minimum Gasteiger partial charge on any atom is -0.336 e. The van der Waals surface area contributed by atoms with Gasteiger partial charge in [-0.05, 0) is 40.4 Å². The Morgan fingerprint density at radius 2 is 1.81 bits per heavy atom. The molecule has 0 unspecified atom stereocenters. The van der Waals surface area contributed by atoms with Crippen molar-refractivity contribution in [3.63, 3.8) is 0 Å². The Bertz CT molecular complexity index is 514. The predicted molar refractivity (Wildman–Crippen MR) is 90.7 cm³/mol. The van der Waals surface area contributed by atoms with Crippen molar-refractivity contribution in [2.45, 2.75) is 27.7 Å². The van der Waals surface area contributed by atoms with Crippen LogP contribution in [-0.4, -0.2) is 48.4 Å². The van der Waals surface area contributed by atoms with Gasteiger partial charge in [0.2, 0.25) is 0 Å². The van der Waals surface area contributed by atoms with Crippen LogP contribution in [0.15, 0.2) is 22.7 Å². The summed E-state index contributed by atoms with van der Waals surface area (Å²) in [7, 11) is 0. The largest absolute Gasteiger partial charge is 0.336 e. The Morgan fingerprint density at radius 1 is 1.19 bits per heavy atom. The van der Waals surface area contributed by atoms with Crippen LogP contribution in [0.4, 0.5) is 0 Å². The molecule has 21 heavy (non-hydrogen) atoms. The first-order valence-electron chi connectivity index (χ1n) is 7.54. The van der Waals surface area contributed by atoms with Crippen molar-refractivity contribution in [2.75, 3.05) is 32.7 Å². The molecule has 3 nitrogen and oxygen atoms in total. The van der Waals surface area contributed by atoms with Crippen molar-refractivity contribution < 1.29 is 4.79 Å². The molecule has 0 bridgehead atoms. The van der Waals surface area contributed by atoms with Gasteiger partial charge < -0.3 is 4.90 Å². The lowest BCUT2D eigenvalue weighted by molar-refractivity contribution is 0.0591. The molecule has 1 amide bonds. The highest BCUT2D eigenvalue weighted by Gasteiger charge is 2.25. The second-order valence-corrected chi connectivity index (χ2v) is 7.97. The topological polar surface area (TPSA) is 23.6 Å². The van der Waals surface area contributed by atoms with E-state index in [4.69, 9.17) is 0 Å². The molecule has 1 aromatic rings. The van der Waals surface area contributed by atoms with E-state index in [1.165, 1.54) is 0 Å². The Balaban J connectivity index is 1.99. The molecule has 1 saturated heterocycles. The molecule has 0 aromatic heterocycles. The Morgan fingerprint density at radius 3 is 2.38 bits per heavy atom. The van der Waals surface area contributed by atoms with Crippen LogP contribution in [0.3, 0.4) is 0 Å². The summed E-state index contributed by atoms with van der Waals surface area (Å²) in [6, 6.07) is 5.94. The lowest BCUT2D eigenvalue weighted by Crippen LogP contribution is -2.50. The van der Waals surface area contributed by atoms with Gasteiger partial charge in [0.1, 0.15) is 0 Å². The average Bonchev–Trinajstić information content (AvgIpc) is 2.40. The molecular weight excluding hydrogens is 328 g/mol. The lowest BCUT2D eigenvalue weighted by atomic mass is 9.96. The quantitative estimate of drug-likeness (QED) is 0.812. The molecule has 0 radical (unpaired) electrons. The molecule has 1 aliphatic heterocycles. The molecule has 0 spiro atoms. The second-order valence-electron chi connectivity index (χ2n) is 7.11. The molecule has 0 atom stereocenters. The van der Waals surface area contributed by atoms with Gasteiger partial charge in [0.15, 0.2) is 0 Å². The summed E-state index contributed by atoms with van der Waals surface area (Å²) >= 11 is 3.49.